The van der Waals surface area contributed by atoms with E-state index in [9.17, 15) is 9.50 Å². The summed E-state index contributed by atoms with van der Waals surface area (Å²) in [5.41, 5.74) is 4.66. The van der Waals surface area contributed by atoms with Crippen LogP contribution in [-0.4, -0.2) is 25.9 Å². The van der Waals surface area contributed by atoms with Crippen molar-refractivity contribution in [2.24, 2.45) is 5.73 Å². The molecule has 4 nitrogen and oxygen atoms in total. The highest BCUT2D eigenvalue weighted by atomic mass is 19.1. The Morgan fingerprint density at radius 2 is 1.83 bits per heavy atom. The van der Waals surface area contributed by atoms with Gasteiger partial charge in [-0.1, -0.05) is 0 Å². The third-order valence-corrected chi connectivity index (χ3v) is 2.77. The van der Waals surface area contributed by atoms with Crippen molar-refractivity contribution in [3.63, 3.8) is 0 Å². The molecule has 1 rings (SSSR count). The second-order valence-corrected chi connectivity index (χ2v) is 4.52. The van der Waals surface area contributed by atoms with Gasteiger partial charge in [0, 0.05) is 23.7 Å². The van der Waals surface area contributed by atoms with Crippen molar-refractivity contribution in [3.05, 3.63) is 23.3 Å². The van der Waals surface area contributed by atoms with E-state index in [0.29, 0.717) is 22.6 Å². The van der Waals surface area contributed by atoms with Crippen LogP contribution in [0.1, 0.15) is 31.1 Å². The van der Waals surface area contributed by atoms with Gasteiger partial charge in [0.05, 0.1) is 20.3 Å². The number of benzene rings is 1. The average molecular weight is 257 g/mol. The van der Waals surface area contributed by atoms with Gasteiger partial charge in [-0.3, -0.25) is 0 Å². The van der Waals surface area contributed by atoms with Crippen LogP contribution in [0.15, 0.2) is 12.1 Å². The van der Waals surface area contributed by atoms with Gasteiger partial charge in [0.25, 0.3) is 0 Å². The van der Waals surface area contributed by atoms with E-state index in [1.54, 1.807) is 6.07 Å². The summed E-state index contributed by atoms with van der Waals surface area (Å²) in [7, 11) is 2.94. The number of halogens is 1. The lowest BCUT2D eigenvalue weighted by atomic mass is 9.94. The number of hydrogen-bond donors (Lipinski definition) is 2. The Bertz CT molecular complexity index is 415. The molecule has 0 aliphatic heterocycles. The number of hydrogen-bond acceptors (Lipinski definition) is 4. The number of rotatable bonds is 5. The van der Waals surface area contributed by atoms with Crippen molar-refractivity contribution in [3.8, 4) is 11.5 Å². The molecule has 0 amide bonds. The predicted molar refractivity (Wildman–Crippen MR) is 67.7 cm³/mol. The minimum atomic E-state index is -1.58. The first-order valence-corrected chi connectivity index (χ1v) is 5.68. The van der Waals surface area contributed by atoms with E-state index < -0.39 is 11.8 Å². The molecule has 1 atom stereocenters. The van der Waals surface area contributed by atoms with Crippen LogP contribution >= 0.6 is 0 Å². The Morgan fingerprint density at radius 1 is 1.28 bits per heavy atom. The molecule has 1 aromatic carbocycles. The van der Waals surface area contributed by atoms with Crippen molar-refractivity contribution in [1.29, 1.82) is 0 Å². The largest absolute Gasteiger partial charge is 0.496 e. The fourth-order valence-electron chi connectivity index (χ4n) is 1.78. The summed E-state index contributed by atoms with van der Waals surface area (Å²) in [6.45, 7) is 2.89. The molecule has 0 aromatic heterocycles. The number of nitrogens with two attached hydrogens (primary N) is 1. The maximum Gasteiger partial charge on any atom is 0.134 e. The first-order chi connectivity index (χ1) is 8.35. The molecule has 3 N–H and O–H groups in total. The van der Waals surface area contributed by atoms with Gasteiger partial charge >= 0.3 is 0 Å². The Labute approximate surface area is 107 Å². The monoisotopic (exact) mass is 257 g/mol. The SMILES string of the molecule is COc1cc(OC)c(C(C)(C)F)cc1C(O)CN. The number of ether oxygens (including phenoxy) is 2. The van der Waals surface area contributed by atoms with Crippen LogP contribution < -0.4 is 15.2 Å². The van der Waals surface area contributed by atoms with E-state index in [0.717, 1.165) is 0 Å². The normalized spacial score (nSPS) is 13.3. The maximum atomic E-state index is 14.1. The van der Waals surface area contributed by atoms with Gasteiger partial charge in [-0.2, -0.15) is 0 Å². The van der Waals surface area contributed by atoms with Crippen LogP contribution in [0.25, 0.3) is 0 Å². The Kier molecular flexibility index (Phi) is 4.53. The van der Waals surface area contributed by atoms with Crippen LogP contribution in [0.3, 0.4) is 0 Å². The quantitative estimate of drug-likeness (QED) is 0.845. The Morgan fingerprint density at radius 3 is 2.22 bits per heavy atom. The second kappa shape index (κ2) is 5.54. The fourth-order valence-corrected chi connectivity index (χ4v) is 1.78. The van der Waals surface area contributed by atoms with Crippen molar-refractivity contribution < 1.29 is 19.0 Å². The van der Waals surface area contributed by atoms with E-state index in [-0.39, 0.29) is 6.54 Å². The molecule has 1 aromatic rings. The van der Waals surface area contributed by atoms with Crippen LogP contribution in [0.2, 0.25) is 0 Å². The molecular weight excluding hydrogens is 237 g/mol. The molecule has 0 aliphatic carbocycles. The van der Waals surface area contributed by atoms with E-state index in [1.807, 2.05) is 0 Å². The summed E-state index contributed by atoms with van der Waals surface area (Å²) in [4.78, 5) is 0. The Hall–Kier alpha value is -1.33. The van der Waals surface area contributed by atoms with Gasteiger partial charge in [-0.05, 0) is 19.9 Å². The van der Waals surface area contributed by atoms with Gasteiger partial charge in [-0.15, -0.1) is 0 Å². The minimum absolute atomic E-state index is 0.0366. The molecule has 0 spiro atoms. The molecule has 0 radical (unpaired) electrons. The van der Waals surface area contributed by atoms with Crippen molar-refractivity contribution in [1.82, 2.24) is 0 Å². The summed E-state index contributed by atoms with van der Waals surface area (Å²) >= 11 is 0. The molecule has 5 heteroatoms. The molecule has 0 saturated heterocycles. The van der Waals surface area contributed by atoms with Gasteiger partial charge in [0.1, 0.15) is 17.2 Å². The van der Waals surface area contributed by atoms with Crippen molar-refractivity contribution in [2.75, 3.05) is 20.8 Å². The van der Waals surface area contributed by atoms with Crippen LogP contribution in [0, 0.1) is 0 Å². The molecule has 0 saturated carbocycles. The molecule has 18 heavy (non-hydrogen) atoms. The van der Waals surface area contributed by atoms with Crippen molar-refractivity contribution >= 4 is 0 Å². The van der Waals surface area contributed by atoms with Crippen molar-refractivity contribution in [2.45, 2.75) is 25.6 Å². The standard InChI is InChI=1S/C13H20FNO3/c1-13(2,14)9-5-8(10(16)7-15)11(17-3)6-12(9)18-4/h5-6,10,16H,7,15H2,1-4H3. The third kappa shape index (κ3) is 2.91. The van der Waals surface area contributed by atoms with Crippen LogP contribution in [-0.2, 0) is 5.67 Å². The molecule has 0 bridgehead atoms. The summed E-state index contributed by atoms with van der Waals surface area (Å²) in [5.74, 6) is 0.810. The van der Waals surface area contributed by atoms with Crippen LogP contribution in [0.5, 0.6) is 11.5 Å². The molecule has 0 heterocycles. The van der Waals surface area contributed by atoms with Gasteiger partial charge in [0.15, 0.2) is 0 Å². The Balaban J connectivity index is 3.44. The molecule has 1 unspecified atom stereocenters. The topological polar surface area (TPSA) is 64.7 Å². The third-order valence-electron chi connectivity index (χ3n) is 2.77. The van der Waals surface area contributed by atoms with E-state index >= 15 is 0 Å². The van der Waals surface area contributed by atoms with Gasteiger partial charge < -0.3 is 20.3 Å². The highest BCUT2D eigenvalue weighted by Crippen LogP contribution is 2.39. The molecular formula is C13H20FNO3. The minimum Gasteiger partial charge on any atom is -0.496 e. The zero-order chi connectivity index (χ0) is 13.9. The molecule has 0 fully saturated rings. The summed E-state index contributed by atoms with van der Waals surface area (Å²) in [6, 6.07) is 3.10. The zero-order valence-electron chi connectivity index (χ0n) is 11.2. The first-order valence-electron chi connectivity index (χ1n) is 5.68. The molecule has 0 aliphatic rings. The molecule has 102 valence electrons. The lowest BCUT2D eigenvalue weighted by Gasteiger charge is -2.22. The summed E-state index contributed by atoms with van der Waals surface area (Å²) < 4.78 is 24.4. The fraction of sp³-hybridized carbons (Fsp3) is 0.538. The number of alkyl halides is 1. The van der Waals surface area contributed by atoms with Gasteiger partial charge in [0.2, 0.25) is 0 Å². The number of aliphatic hydroxyl groups excluding tert-OH is 1. The van der Waals surface area contributed by atoms with Gasteiger partial charge in [-0.25, -0.2) is 4.39 Å². The highest BCUT2D eigenvalue weighted by molar-refractivity contribution is 5.49. The predicted octanol–water partition coefficient (Wildman–Crippen LogP) is 1.90. The van der Waals surface area contributed by atoms with E-state index in [2.05, 4.69) is 0 Å². The first kappa shape index (κ1) is 14.7. The second-order valence-electron chi connectivity index (χ2n) is 4.52. The maximum absolute atomic E-state index is 14.1. The number of methoxy groups -OCH3 is 2. The van der Waals surface area contributed by atoms with Crippen LogP contribution in [0.4, 0.5) is 4.39 Å². The summed E-state index contributed by atoms with van der Waals surface area (Å²) in [5, 5.41) is 9.83. The zero-order valence-corrected chi connectivity index (χ0v) is 11.2. The smallest absolute Gasteiger partial charge is 0.134 e. The lowest BCUT2D eigenvalue weighted by Crippen LogP contribution is -2.16. The average Bonchev–Trinajstić information content (AvgIpc) is 2.34. The highest BCUT2D eigenvalue weighted by Gasteiger charge is 2.27. The lowest BCUT2D eigenvalue weighted by molar-refractivity contribution is 0.179. The summed E-state index contributed by atoms with van der Waals surface area (Å²) in [6.07, 6.45) is -0.896. The van der Waals surface area contributed by atoms with E-state index in [4.69, 9.17) is 15.2 Å². The van der Waals surface area contributed by atoms with E-state index in [1.165, 1.54) is 34.1 Å². The number of aliphatic hydroxyl groups is 1.